The number of rotatable bonds is 5. The predicted molar refractivity (Wildman–Crippen MR) is 131 cm³/mol. The molecule has 2 heterocycles. The molecule has 2 saturated heterocycles. The van der Waals surface area contributed by atoms with Crippen LogP contribution in [-0.4, -0.2) is 66.5 Å². The molecule has 0 aromatic heterocycles. The fourth-order valence-corrected chi connectivity index (χ4v) is 4.53. The largest absolute Gasteiger partial charge is 0.439 e. The van der Waals surface area contributed by atoms with Gasteiger partial charge in [0, 0.05) is 38.3 Å². The summed E-state index contributed by atoms with van der Waals surface area (Å²) >= 11 is 0. The van der Waals surface area contributed by atoms with Crippen molar-refractivity contribution in [3.05, 3.63) is 95.6 Å². The van der Waals surface area contributed by atoms with Crippen molar-refractivity contribution in [2.75, 3.05) is 39.8 Å². The van der Waals surface area contributed by atoms with Crippen molar-refractivity contribution < 1.29 is 14.3 Å². The first-order valence-corrected chi connectivity index (χ1v) is 11.7. The van der Waals surface area contributed by atoms with Gasteiger partial charge in [0.05, 0.1) is 6.54 Å². The number of cyclic esters (lactones) is 1. The molecular weight excluding hydrogens is 426 g/mol. The van der Waals surface area contributed by atoms with Crippen molar-refractivity contribution >= 4 is 12.0 Å². The molecule has 1 atom stereocenters. The van der Waals surface area contributed by atoms with Crippen LogP contribution in [0.4, 0.5) is 4.79 Å². The lowest BCUT2D eigenvalue weighted by Crippen LogP contribution is -2.47. The van der Waals surface area contributed by atoms with E-state index in [4.69, 9.17) is 4.74 Å². The Balaban J connectivity index is 1.24. The van der Waals surface area contributed by atoms with Gasteiger partial charge in [-0.2, -0.15) is 0 Å². The molecule has 174 valence electrons. The lowest BCUT2D eigenvalue weighted by molar-refractivity contribution is 0.0664. The Bertz CT molecular complexity index is 1160. The third kappa shape index (κ3) is 4.82. The minimum atomic E-state index is -0.284. The highest BCUT2D eigenvalue weighted by atomic mass is 16.6. The number of likely N-dealkylation sites (N-methyl/N-ethyl adjacent to an activating group) is 1. The van der Waals surface area contributed by atoms with Gasteiger partial charge in [0.15, 0.2) is 0 Å². The van der Waals surface area contributed by atoms with Crippen LogP contribution in [0.25, 0.3) is 11.1 Å². The Morgan fingerprint density at radius 2 is 1.62 bits per heavy atom. The van der Waals surface area contributed by atoms with E-state index >= 15 is 0 Å². The van der Waals surface area contributed by atoms with E-state index in [0.717, 1.165) is 54.0 Å². The molecule has 0 aliphatic carbocycles. The van der Waals surface area contributed by atoms with E-state index in [-0.39, 0.29) is 18.1 Å². The van der Waals surface area contributed by atoms with Crippen molar-refractivity contribution in [2.45, 2.75) is 12.6 Å². The van der Waals surface area contributed by atoms with E-state index in [0.29, 0.717) is 13.1 Å². The van der Waals surface area contributed by atoms with Crippen molar-refractivity contribution in [2.24, 2.45) is 0 Å². The van der Waals surface area contributed by atoms with Gasteiger partial charge in [0.25, 0.3) is 5.91 Å². The van der Waals surface area contributed by atoms with Crippen LogP contribution in [-0.2, 0) is 11.3 Å². The highest BCUT2D eigenvalue weighted by Gasteiger charge is 2.32. The Hall–Kier alpha value is -3.64. The molecule has 0 unspecified atom stereocenters. The van der Waals surface area contributed by atoms with E-state index in [1.54, 1.807) is 4.90 Å². The first kappa shape index (κ1) is 22.2. The fraction of sp³-hybridized carbons (Fsp3) is 0.286. The molecule has 3 aromatic rings. The first-order valence-electron chi connectivity index (χ1n) is 11.7. The summed E-state index contributed by atoms with van der Waals surface area (Å²) in [6, 6.07) is 25.8. The third-order valence-electron chi connectivity index (χ3n) is 6.62. The molecule has 0 N–H and O–H groups in total. The number of amides is 2. The molecule has 2 amide bonds. The number of carbonyl (C=O) groups excluding carboxylic acids is 2. The molecule has 2 aliphatic rings. The maximum atomic E-state index is 13.0. The number of hydrogen-bond donors (Lipinski definition) is 0. The summed E-state index contributed by atoms with van der Waals surface area (Å²) in [6.07, 6.45) is -0.512. The molecule has 3 aromatic carbocycles. The van der Waals surface area contributed by atoms with Crippen LogP contribution in [0.5, 0.6) is 0 Å². The van der Waals surface area contributed by atoms with E-state index < -0.39 is 0 Å². The van der Waals surface area contributed by atoms with Gasteiger partial charge in [0.2, 0.25) is 0 Å². The molecule has 0 spiro atoms. The molecule has 0 radical (unpaired) electrons. The van der Waals surface area contributed by atoms with Crippen LogP contribution >= 0.6 is 0 Å². The minimum absolute atomic E-state index is 0.0899. The summed E-state index contributed by atoms with van der Waals surface area (Å²) in [5.74, 6) is 0.0899. The molecule has 5 rings (SSSR count). The van der Waals surface area contributed by atoms with Crippen LogP contribution in [0.15, 0.2) is 78.9 Å². The van der Waals surface area contributed by atoms with E-state index in [9.17, 15) is 9.59 Å². The van der Waals surface area contributed by atoms with E-state index in [2.05, 4.69) is 11.9 Å². The zero-order chi connectivity index (χ0) is 23.5. The lowest BCUT2D eigenvalue weighted by Gasteiger charge is -2.32. The second-order valence-electron chi connectivity index (χ2n) is 9.04. The summed E-state index contributed by atoms with van der Waals surface area (Å²) in [4.78, 5) is 31.2. The monoisotopic (exact) mass is 455 g/mol. The smallest absolute Gasteiger partial charge is 0.410 e. The van der Waals surface area contributed by atoms with Crippen LogP contribution in [0.1, 0.15) is 27.6 Å². The fourth-order valence-electron chi connectivity index (χ4n) is 4.53. The Labute approximate surface area is 200 Å². The zero-order valence-electron chi connectivity index (χ0n) is 19.4. The topological polar surface area (TPSA) is 53.1 Å². The van der Waals surface area contributed by atoms with E-state index in [1.165, 1.54) is 0 Å². The summed E-state index contributed by atoms with van der Waals surface area (Å²) in [7, 11) is 2.08. The molecule has 0 saturated carbocycles. The predicted octanol–water partition coefficient (Wildman–Crippen LogP) is 4.43. The molecule has 6 nitrogen and oxygen atoms in total. The number of hydrogen-bond acceptors (Lipinski definition) is 4. The number of piperazine rings is 1. The van der Waals surface area contributed by atoms with Crippen molar-refractivity contribution in [3.63, 3.8) is 0 Å². The number of benzene rings is 3. The summed E-state index contributed by atoms with van der Waals surface area (Å²) in [5.41, 5.74) is 4.83. The van der Waals surface area contributed by atoms with Crippen molar-refractivity contribution in [3.8, 4) is 11.1 Å². The molecule has 34 heavy (non-hydrogen) atoms. The maximum Gasteiger partial charge on any atom is 0.410 e. The van der Waals surface area contributed by atoms with Crippen LogP contribution < -0.4 is 0 Å². The second kappa shape index (κ2) is 9.69. The Morgan fingerprint density at radius 3 is 2.35 bits per heavy atom. The maximum absolute atomic E-state index is 13.0. The van der Waals surface area contributed by atoms with Gasteiger partial charge in [0.1, 0.15) is 6.10 Å². The molecular formula is C28H29N3O3. The lowest BCUT2D eigenvalue weighted by atomic mass is 10.0. The quantitative estimate of drug-likeness (QED) is 0.571. The number of carbonyl (C=O) groups is 2. The van der Waals surface area contributed by atoms with Crippen LogP contribution in [0.2, 0.25) is 0 Å². The van der Waals surface area contributed by atoms with Gasteiger partial charge in [-0.3, -0.25) is 9.69 Å². The molecule has 2 aliphatic heterocycles. The number of ether oxygens (including phenoxy) is 1. The van der Waals surface area contributed by atoms with Gasteiger partial charge < -0.3 is 14.5 Å². The summed E-state index contributed by atoms with van der Waals surface area (Å²) < 4.78 is 5.57. The zero-order valence-corrected chi connectivity index (χ0v) is 19.4. The SMILES string of the molecule is CN1CCN(C(=O)c2cccc(-c3ccc(CN4C[C@@H](c5ccccc5)OC4=O)cc3)c2)CC1. The second-order valence-corrected chi connectivity index (χ2v) is 9.04. The first-order chi connectivity index (χ1) is 16.6. The molecule has 6 heteroatoms. The number of nitrogens with zero attached hydrogens (tertiary/aromatic N) is 3. The normalized spacial score (nSPS) is 18.7. The third-order valence-corrected chi connectivity index (χ3v) is 6.62. The average Bonchev–Trinajstić information content (AvgIpc) is 3.25. The Kier molecular flexibility index (Phi) is 6.32. The van der Waals surface area contributed by atoms with Gasteiger partial charge >= 0.3 is 6.09 Å². The van der Waals surface area contributed by atoms with Crippen LogP contribution in [0.3, 0.4) is 0 Å². The van der Waals surface area contributed by atoms with Crippen molar-refractivity contribution in [1.82, 2.24) is 14.7 Å². The van der Waals surface area contributed by atoms with Crippen LogP contribution in [0, 0.1) is 0 Å². The van der Waals surface area contributed by atoms with Gasteiger partial charge in [-0.1, -0.05) is 66.7 Å². The molecule has 0 bridgehead atoms. The Morgan fingerprint density at radius 1 is 0.882 bits per heavy atom. The van der Waals surface area contributed by atoms with Gasteiger partial charge in [-0.25, -0.2) is 4.79 Å². The highest BCUT2D eigenvalue weighted by molar-refractivity contribution is 5.95. The minimum Gasteiger partial charge on any atom is -0.439 e. The summed E-state index contributed by atoms with van der Waals surface area (Å²) in [5, 5.41) is 0. The average molecular weight is 456 g/mol. The van der Waals surface area contributed by atoms with Gasteiger partial charge in [-0.05, 0) is 41.4 Å². The highest BCUT2D eigenvalue weighted by Crippen LogP contribution is 2.28. The summed E-state index contributed by atoms with van der Waals surface area (Å²) in [6.45, 7) is 4.38. The standard InChI is InChI=1S/C28H29N3O3/c1-29-14-16-30(17-15-29)27(32)25-9-5-8-24(18-25)22-12-10-21(11-13-22)19-31-20-26(34-28(31)33)23-6-3-2-4-7-23/h2-13,18,26H,14-17,19-20H2,1H3/t26-/m0/s1. The van der Waals surface area contributed by atoms with Gasteiger partial charge in [-0.15, -0.1) is 0 Å². The van der Waals surface area contributed by atoms with Crippen molar-refractivity contribution in [1.29, 1.82) is 0 Å². The van der Waals surface area contributed by atoms with E-state index in [1.807, 2.05) is 83.8 Å². The molecule has 2 fully saturated rings.